The monoisotopic (exact) mass is 197 g/mol. The van der Waals surface area contributed by atoms with Crippen LogP contribution in [-0.4, -0.2) is 13.2 Å². The summed E-state index contributed by atoms with van der Waals surface area (Å²) in [6.07, 6.45) is 1.34. The fraction of sp³-hybridized carbons (Fsp3) is 0.600. The summed E-state index contributed by atoms with van der Waals surface area (Å²) in [5, 5.41) is 4.52. The quantitative estimate of drug-likeness (QED) is 0.799. The Labute approximate surface area is 82.9 Å². The highest BCUT2D eigenvalue weighted by molar-refractivity contribution is 7.13. The van der Waals surface area contributed by atoms with Crippen molar-refractivity contribution in [3.8, 4) is 5.06 Å². The van der Waals surface area contributed by atoms with Crippen molar-refractivity contribution < 1.29 is 4.74 Å². The summed E-state index contributed by atoms with van der Waals surface area (Å²) in [6.45, 7) is 3.27. The van der Waals surface area contributed by atoms with Crippen LogP contribution in [0, 0.1) is 5.92 Å². The van der Waals surface area contributed by atoms with E-state index in [4.69, 9.17) is 4.74 Å². The van der Waals surface area contributed by atoms with Crippen LogP contribution in [0.3, 0.4) is 0 Å². The molecular weight excluding hydrogens is 182 g/mol. The van der Waals surface area contributed by atoms with Gasteiger partial charge >= 0.3 is 0 Å². The molecule has 0 spiro atoms. The topological polar surface area (TPSA) is 21.3 Å². The lowest BCUT2D eigenvalue weighted by atomic mass is 10.4. The van der Waals surface area contributed by atoms with Gasteiger partial charge in [-0.05, 0) is 24.5 Å². The number of thiophene rings is 1. The SMILES string of the molecule is COc1ccc(CNC2CC2C)s1. The van der Waals surface area contributed by atoms with Gasteiger partial charge in [-0.25, -0.2) is 0 Å². The zero-order valence-electron chi connectivity index (χ0n) is 8.04. The summed E-state index contributed by atoms with van der Waals surface area (Å²) >= 11 is 1.72. The molecule has 1 saturated carbocycles. The minimum absolute atomic E-state index is 0.757. The summed E-state index contributed by atoms with van der Waals surface area (Å²) in [4.78, 5) is 1.36. The Balaban J connectivity index is 1.80. The molecule has 1 N–H and O–H groups in total. The molecule has 13 heavy (non-hydrogen) atoms. The molecule has 2 rings (SSSR count). The van der Waals surface area contributed by atoms with Gasteiger partial charge in [0.1, 0.15) is 0 Å². The Morgan fingerprint density at radius 2 is 2.38 bits per heavy atom. The van der Waals surface area contributed by atoms with Crippen molar-refractivity contribution in [2.45, 2.75) is 25.9 Å². The van der Waals surface area contributed by atoms with E-state index in [9.17, 15) is 0 Å². The van der Waals surface area contributed by atoms with E-state index < -0.39 is 0 Å². The van der Waals surface area contributed by atoms with Crippen molar-refractivity contribution in [3.05, 3.63) is 17.0 Å². The van der Waals surface area contributed by atoms with Crippen LogP contribution in [0.5, 0.6) is 5.06 Å². The Bertz CT molecular complexity index is 284. The zero-order chi connectivity index (χ0) is 9.26. The van der Waals surface area contributed by atoms with Crippen LogP contribution in [0.1, 0.15) is 18.2 Å². The molecule has 1 aromatic heterocycles. The molecule has 2 nitrogen and oxygen atoms in total. The van der Waals surface area contributed by atoms with Crippen molar-refractivity contribution in [2.75, 3.05) is 7.11 Å². The summed E-state index contributed by atoms with van der Waals surface area (Å²) in [7, 11) is 1.71. The molecule has 1 aliphatic rings. The molecule has 0 bridgehead atoms. The summed E-state index contributed by atoms with van der Waals surface area (Å²) < 4.78 is 5.13. The molecule has 1 fully saturated rings. The van der Waals surface area contributed by atoms with Crippen LogP contribution >= 0.6 is 11.3 Å². The minimum Gasteiger partial charge on any atom is -0.487 e. The molecule has 3 heteroatoms. The Morgan fingerprint density at radius 3 is 2.92 bits per heavy atom. The third kappa shape index (κ3) is 2.23. The Morgan fingerprint density at radius 1 is 1.62 bits per heavy atom. The number of ether oxygens (including phenoxy) is 1. The molecule has 0 aromatic carbocycles. The molecule has 0 aliphatic heterocycles. The van der Waals surface area contributed by atoms with E-state index in [1.54, 1.807) is 18.4 Å². The first kappa shape index (κ1) is 9.03. The predicted octanol–water partition coefficient (Wildman–Crippen LogP) is 2.25. The van der Waals surface area contributed by atoms with Gasteiger partial charge in [0.15, 0.2) is 5.06 Å². The molecular formula is C10H15NOS. The molecule has 1 aromatic rings. The van der Waals surface area contributed by atoms with Gasteiger partial charge in [0, 0.05) is 17.5 Å². The molecule has 72 valence electrons. The molecule has 0 amide bonds. The zero-order valence-corrected chi connectivity index (χ0v) is 8.86. The van der Waals surface area contributed by atoms with E-state index in [2.05, 4.69) is 18.3 Å². The van der Waals surface area contributed by atoms with Crippen LogP contribution in [0.4, 0.5) is 0 Å². The highest BCUT2D eigenvalue weighted by Crippen LogP contribution is 2.30. The van der Waals surface area contributed by atoms with Gasteiger partial charge in [-0.15, -0.1) is 11.3 Å². The van der Waals surface area contributed by atoms with Gasteiger partial charge in [-0.2, -0.15) is 0 Å². The highest BCUT2D eigenvalue weighted by Gasteiger charge is 2.31. The third-order valence-corrected chi connectivity index (χ3v) is 3.53. The fourth-order valence-electron chi connectivity index (χ4n) is 1.40. The van der Waals surface area contributed by atoms with Crippen molar-refractivity contribution in [1.29, 1.82) is 0 Å². The maximum atomic E-state index is 5.13. The Kier molecular flexibility index (Phi) is 2.56. The van der Waals surface area contributed by atoms with Gasteiger partial charge < -0.3 is 10.1 Å². The van der Waals surface area contributed by atoms with E-state index in [0.717, 1.165) is 23.6 Å². The van der Waals surface area contributed by atoms with Crippen LogP contribution in [0.15, 0.2) is 12.1 Å². The summed E-state index contributed by atoms with van der Waals surface area (Å²) in [5.41, 5.74) is 0. The molecule has 2 atom stereocenters. The lowest BCUT2D eigenvalue weighted by Gasteiger charge is -1.99. The van der Waals surface area contributed by atoms with Gasteiger partial charge in [0.2, 0.25) is 0 Å². The van der Waals surface area contributed by atoms with Crippen LogP contribution in [0.25, 0.3) is 0 Å². The number of rotatable bonds is 4. The first-order valence-electron chi connectivity index (χ1n) is 4.65. The molecule has 1 heterocycles. The number of hydrogen-bond acceptors (Lipinski definition) is 3. The minimum atomic E-state index is 0.757. The predicted molar refractivity (Wildman–Crippen MR) is 55.3 cm³/mol. The first-order valence-corrected chi connectivity index (χ1v) is 5.47. The number of hydrogen-bond donors (Lipinski definition) is 1. The van der Waals surface area contributed by atoms with Crippen molar-refractivity contribution >= 4 is 11.3 Å². The Hall–Kier alpha value is -0.540. The lowest BCUT2D eigenvalue weighted by molar-refractivity contribution is 0.427. The van der Waals surface area contributed by atoms with Gasteiger partial charge in [-0.3, -0.25) is 0 Å². The van der Waals surface area contributed by atoms with Gasteiger partial charge in [0.05, 0.1) is 7.11 Å². The van der Waals surface area contributed by atoms with Crippen molar-refractivity contribution in [2.24, 2.45) is 5.92 Å². The standard InChI is InChI=1S/C10H15NOS/c1-7-5-9(7)11-6-8-3-4-10(12-2)13-8/h3-4,7,9,11H,5-6H2,1-2H3. The maximum Gasteiger partial charge on any atom is 0.173 e. The van der Waals surface area contributed by atoms with E-state index in [0.29, 0.717) is 0 Å². The molecule has 0 radical (unpaired) electrons. The van der Waals surface area contributed by atoms with E-state index >= 15 is 0 Å². The van der Waals surface area contributed by atoms with Crippen molar-refractivity contribution in [1.82, 2.24) is 5.32 Å². The van der Waals surface area contributed by atoms with E-state index in [1.807, 2.05) is 6.07 Å². The molecule has 0 saturated heterocycles. The normalized spacial score (nSPS) is 26.0. The molecule has 2 unspecified atom stereocenters. The number of methoxy groups -OCH3 is 1. The molecule has 1 aliphatic carbocycles. The summed E-state index contributed by atoms with van der Waals surface area (Å²) in [6, 6.07) is 4.91. The second-order valence-electron chi connectivity index (χ2n) is 3.63. The third-order valence-electron chi connectivity index (χ3n) is 2.49. The van der Waals surface area contributed by atoms with Crippen LogP contribution in [-0.2, 0) is 6.54 Å². The largest absolute Gasteiger partial charge is 0.487 e. The van der Waals surface area contributed by atoms with Crippen molar-refractivity contribution in [3.63, 3.8) is 0 Å². The smallest absolute Gasteiger partial charge is 0.173 e. The second kappa shape index (κ2) is 3.68. The van der Waals surface area contributed by atoms with Gasteiger partial charge in [-0.1, -0.05) is 6.92 Å². The average Bonchev–Trinajstić information content (AvgIpc) is 2.68. The second-order valence-corrected chi connectivity index (χ2v) is 4.76. The van der Waals surface area contributed by atoms with Crippen LogP contribution < -0.4 is 10.1 Å². The first-order chi connectivity index (χ1) is 6.29. The van der Waals surface area contributed by atoms with Gasteiger partial charge in [0.25, 0.3) is 0 Å². The average molecular weight is 197 g/mol. The van der Waals surface area contributed by atoms with Crippen LogP contribution in [0.2, 0.25) is 0 Å². The van der Waals surface area contributed by atoms with E-state index in [-0.39, 0.29) is 0 Å². The lowest BCUT2D eigenvalue weighted by Crippen LogP contribution is -2.16. The highest BCUT2D eigenvalue weighted by atomic mass is 32.1. The maximum absolute atomic E-state index is 5.13. The van der Waals surface area contributed by atoms with E-state index in [1.165, 1.54) is 11.3 Å². The fourth-order valence-corrected chi connectivity index (χ4v) is 2.17. The summed E-state index contributed by atoms with van der Waals surface area (Å²) in [5.74, 6) is 0.877. The number of nitrogens with one attached hydrogen (secondary N) is 1.